The van der Waals surface area contributed by atoms with Crippen LogP contribution in [0.1, 0.15) is 5.56 Å². The van der Waals surface area contributed by atoms with Gasteiger partial charge in [-0.2, -0.15) is 0 Å². The van der Waals surface area contributed by atoms with Gasteiger partial charge in [-0.1, -0.05) is 34.8 Å². The smallest absolute Gasteiger partial charge is 0.294 e. The maximum absolute atomic E-state index is 10.8. The summed E-state index contributed by atoms with van der Waals surface area (Å²) in [6, 6.07) is 1.23. The maximum Gasteiger partial charge on any atom is 0.294 e. The van der Waals surface area contributed by atoms with E-state index in [1.807, 2.05) is 0 Å². The molecule has 2 N–H and O–H groups in total. The van der Waals surface area contributed by atoms with E-state index in [0.29, 0.717) is 0 Å². The fraction of sp³-hybridized carbons (Fsp3) is 0.125. The second-order valence-electron chi connectivity index (χ2n) is 2.88. The molecule has 0 bridgehead atoms. The molecule has 0 aliphatic heterocycles. The summed E-state index contributed by atoms with van der Waals surface area (Å²) >= 11 is 17.0. The number of carbonyl (C=O) groups is 1. The molecular formula is C8H5Cl3N2O3. The fourth-order valence-electron chi connectivity index (χ4n) is 1.15. The number of halogens is 3. The zero-order valence-electron chi connectivity index (χ0n) is 7.67. The molecule has 0 spiro atoms. The second-order valence-corrected chi connectivity index (χ2v) is 4.07. The van der Waals surface area contributed by atoms with Crippen LogP contribution in [0.15, 0.2) is 6.07 Å². The molecule has 5 nitrogen and oxygen atoms in total. The Balaban J connectivity index is 3.50. The number of hydrogen-bond acceptors (Lipinski definition) is 3. The lowest BCUT2D eigenvalue weighted by Crippen LogP contribution is -2.15. The van der Waals surface area contributed by atoms with Gasteiger partial charge in [-0.05, 0) is 6.07 Å². The Labute approximate surface area is 105 Å². The normalized spacial score (nSPS) is 10.2. The molecule has 8 heteroatoms. The number of carbonyl (C=O) groups excluding carboxylic acids is 1. The van der Waals surface area contributed by atoms with Gasteiger partial charge in [-0.25, -0.2) is 0 Å². The van der Waals surface area contributed by atoms with Crippen molar-refractivity contribution in [3.8, 4) is 0 Å². The van der Waals surface area contributed by atoms with Crippen LogP contribution in [0.5, 0.6) is 0 Å². The van der Waals surface area contributed by atoms with Crippen LogP contribution in [-0.2, 0) is 11.2 Å². The average molecular weight is 283 g/mol. The van der Waals surface area contributed by atoms with E-state index in [2.05, 4.69) is 0 Å². The third-order valence-electron chi connectivity index (χ3n) is 1.78. The van der Waals surface area contributed by atoms with E-state index in [1.54, 1.807) is 0 Å². The maximum atomic E-state index is 10.8. The molecule has 1 aromatic carbocycles. The summed E-state index contributed by atoms with van der Waals surface area (Å²) in [6.45, 7) is 0. The van der Waals surface area contributed by atoms with Crippen LogP contribution < -0.4 is 5.73 Å². The summed E-state index contributed by atoms with van der Waals surface area (Å²) in [6.07, 6.45) is -0.369. The van der Waals surface area contributed by atoms with Crippen molar-refractivity contribution in [1.29, 1.82) is 0 Å². The highest BCUT2D eigenvalue weighted by atomic mass is 35.5. The SMILES string of the molecule is NC(=O)Cc1c(Cl)cc(Cl)c(Cl)c1[N+](=O)[O-]. The summed E-state index contributed by atoms with van der Waals surface area (Å²) in [4.78, 5) is 20.8. The fourth-order valence-corrected chi connectivity index (χ4v) is 1.91. The van der Waals surface area contributed by atoms with E-state index in [1.165, 1.54) is 6.07 Å². The van der Waals surface area contributed by atoms with Gasteiger partial charge in [-0.3, -0.25) is 14.9 Å². The topological polar surface area (TPSA) is 86.2 Å². The minimum Gasteiger partial charge on any atom is -0.369 e. The Morgan fingerprint density at radius 2 is 1.94 bits per heavy atom. The lowest BCUT2D eigenvalue weighted by atomic mass is 10.1. The summed E-state index contributed by atoms with van der Waals surface area (Å²) in [5, 5.41) is 10.5. The van der Waals surface area contributed by atoms with E-state index in [0.717, 1.165) is 0 Å². The number of benzene rings is 1. The molecule has 0 saturated carbocycles. The number of primary amides is 1. The monoisotopic (exact) mass is 282 g/mol. The van der Waals surface area contributed by atoms with Gasteiger partial charge in [0.1, 0.15) is 5.02 Å². The second kappa shape index (κ2) is 4.86. The van der Waals surface area contributed by atoms with Crippen molar-refractivity contribution in [2.24, 2.45) is 5.73 Å². The molecule has 0 atom stereocenters. The largest absolute Gasteiger partial charge is 0.369 e. The molecule has 1 aromatic rings. The molecule has 0 unspecified atom stereocenters. The van der Waals surface area contributed by atoms with Crippen LogP contribution in [0.2, 0.25) is 15.1 Å². The highest BCUT2D eigenvalue weighted by Crippen LogP contribution is 2.39. The van der Waals surface area contributed by atoms with Gasteiger partial charge in [0.2, 0.25) is 5.91 Å². The van der Waals surface area contributed by atoms with Crippen LogP contribution in [0, 0.1) is 10.1 Å². The van der Waals surface area contributed by atoms with E-state index >= 15 is 0 Å². The van der Waals surface area contributed by atoms with Gasteiger partial charge in [-0.15, -0.1) is 0 Å². The van der Waals surface area contributed by atoms with E-state index in [4.69, 9.17) is 40.5 Å². The molecule has 86 valence electrons. The highest BCUT2D eigenvalue weighted by Gasteiger charge is 2.25. The molecular weight excluding hydrogens is 278 g/mol. The minimum absolute atomic E-state index is 0.0140. The third kappa shape index (κ3) is 2.55. The molecule has 1 rings (SSSR count). The van der Waals surface area contributed by atoms with Gasteiger partial charge in [0.05, 0.1) is 27.0 Å². The number of nitro benzene ring substituents is 1. The van der Waals surface area contributed by atoms with Gasteiger partial charge < -0.3 is 5.73 Å². The molecule has 0 fully saturated rings. The average Bonchev–Trinajstić information content (AvgIpc) is 2.13. The molecule has 0 saturated heterocycles. The van der Waals surface area contributed by atoms with Crippen LogP contribution in [0.4, 0.5) is 5.69 Å². The summed E-state index contributed by atoms with van der Waals surface area (Å²) in [7, 11) is 0. The Bertz CT molecular complexity index is 476. The number of amides is 1. The first-order valence-corrected chi connectivity index (χ1v) is 5.07. The molecule has 16 heavy (non-hydrogen) atoms. The Morgan fingerprint density at radius 1 is 1.38 bits per heavy atom. The highest BCUT2D eigenvalue weighted by molar-refractivity contribution is 6.45. The first kappa shape index (κ1) is 13.0. The molecule has 0 heterocycles. The zero-order valence-corrected chi connectivity index (χ0v) is 9.94. The predicted octanol–water partition coefficient (Wildman–Crippen LogP) is 2.58. The number of nitrogens with two attached hydrogens (primary N) is 1. The van der Waals surface area contributed by atoms with E-state index < -0.39 is 16.5 Å². The molecule has 1 amide bonds. The quantitative estimate of drug-likeness (QED) is 0.525. The number of rotatable bonds is 3. The van der Waals surface area contributed by atoms with E-state index in [9.17, 15) is 14.9 Å². The van der Waals surface area contributed by atoms with Crippen molar-refractivity contribution >= 4 is 46.4 Å². The van der Waals surface area contributed by atoms with Crippen LogP contribution in [-0.4, -0.2) is 10.8 Å². The Morgan fingerprint density at radius 3 is 2.38 bits per heavy atom. The van der Waals surface area contributed by atoms with Crippen LogP contribution >= 0.6 is 34.8 Å². The van der Waals surface area contributed by atoms with Crippen LogP contribution in [0.25, 0.3) is 0 Å². The number of nitro groups is 1. The lowest BCUT2D eigenvalue weighted by Gasteiger charge is -2.06. The van der Waals surface area contributed by atoms with Crippen molar-refractivity contribution in [2.75, 3.05) is 0 Å². The van der Waals surface area contributed by atoms with Crippen molar-refractivity contribution in [1.82, 2.24) is 0 Å². The van der Waals surface area contributed by atoms with Gasteiger partial charge >= 0.3 is 0 Å². The standard InChI is InChI=1S/C8H5Cl3N2O3/c9-4-2-5(10)7(11)8(13(15)16)3(4)1-6(12)14/h2H,1H2,(H2,12,14). The summed E-state index contributed by atoms with van der Waals surface area (Å²) in [5.74, 6) is -0.747. The molecule has 0 aliphatic rings. The van der Waals surface area contributed by atoms with Crippen molar-refractivity contribution in [3.05, 3.63) is 36.8 Å². The van der Waals surface area contributed by atoms with Crippen LogP contribution in [0.3, 0.4) is 0 Å². The van der Waals surface area contributed by atoms with Crippen molar-refractivity contribution in [2.45, 2.75) is 6.42 Å². The van der Waals surface area contributed by atoms with Gasteiger partial charge in [0.15, 0.2) is 0 Å². The summed E-state index contributed by atoms with van der Waals surface area (Å²) in [5.41, 5.74) is 4.43. The first-order chi connectivity index (χ1) is 7.34. The van der Waals surface area contributed by atoms with E-state index in [-0.39, 0.29) is 27.1 Å². The Kier molecular flexibility index (Phi) is 3.96. The number of hydrogen-bond donors (Lipinski definition) is 1. The Hall–Kier alpha value is -1.04. The van der Waals surface area contributed by atoms with Gasteiger partial charge in [0.25, 0.3) is 5.69 Å². The number of nitrogens with zero attached hydrogens (tertiary/aromatic N) is 1. The van der Waals surface area contributed by atoms with Crippen molar-refractivity contribution < 1.29 is 9.72 Å². The van der Waals surface area contributed by atoms with Gasteiger partial charge in [0, 0.05) is 0 Å². The zero-order chi connectivity index (χ0) is 12.5. The molecule has 0 aliphatic carbocycles. The first-order valence-electron chi connectivity index (χ1n) is 3.93. The molecule has 0 radical (unpaired) electrons. The minimum atomic E-state index is -0.752. The predicted molar refractivity (Wildman–Crippen MR) is 61.0 cm³/mol. The lowest BCUT2D eigenvalue weighted by molar-refractivity contribution is -0.385. The third-order valence-corrected chi connectivity index (χ3v) is 2.89. The molecule has 0 aromatic heterocycles. The van der Waals surface area contributed by atoms with Crippen molar-refractivity contribution in [3.63, 3.8) is 0 Å². The summed E-state index contributed by atoms with van der Waals surface area (Å²) < 4.78 is 0.